The predicted molar refractivity (Wildman–Crippen MR) is 61.2 cm³/mol. The second-order valence-corrected chi connectivity index (χ2v) is 3.51. The predicted octanol–water partition coefficient (Wildman–Crippen LogP) is -0.0168. The van der Waals surface area contributed by atoms with Gasteiger partial charge in [-0.25, -0.2) is 9.59 Å². The van der Waals surface area contributed by atoms with Crippen LogP contribution in [0.4, 0.5) is 0 Å². The zero-order valence-corrected chi connectivity index (χ0v) is 9.83. The second-order valence-electron chi connectivity index (χ2n) is 3.51. The Kier molecular flexibility index (Phi) is 5.29. The van der Waals surface area contributed by atoms with E-state index in [0.29, 0.717) is 0 Å². The minimum Gasteiger partial charge on any atom is -0.465 e. The summed E-state index contributed by atoms with van der Waals surface area (Å²) in [5.41, 5.74) is 0.401. The maximum atomic E-state index is 11.6. The van der Waals surface area contributed by atoms with E-state index >= 15 is 0 Å². The zero-order chi connectivity index (χ0) is 13.5. The molecule has 0 aliphatic carbocycles. The standard InChI is InChI=1S/C12H14O6/c1-17-11(15)8-3-2-4-9(5-8)12(16)18-7-10(14)6-13/h2-5,10,13-14H,6-7H2,1H3. The summed E-state index contributed by atoms with van der Waals surface area (Å²) in [5.74, 6) is -1.24. The van der Waals surface area contributed by atoms with E-state index in [1.165, 1.54) is 31.4 Å². The van der Waals surface area contributed by atoms with Crippen molar-refractivity contribution in [3.63, 3.8) is 0 Å². The van der Waals surface area contributed by atoms with Crippen LogP contribution in [-0.4, -0.2) is 48.6 Å². The number of methoxy groups -OCH3 is 1. The average Bonchev–Trinajstić information content (AvgIpc) is 2.43. The number of aliphatic hydroxyl groups is 2. The molecule has 0 aromatic heterocycles. The van der Waals surface area contributed by atoms with E-state index in [1.54, 1.807) is 0 Å². The van der Waals surface area contributed by atoms with E-state index in [2.05, 4.69) is 4.74 Å². The molecule has 1 aromatic rings. The first-order valence-electron chi connectivity index (χ1n) is 5.23. The van der Waals surface area contributed by atoms with Crippen molar-refractivity contribution < 1.29 is 29.3 Å². The van der Waals surface area contributed by atoms with Gasteiger partial charge in [-0.2, -0.15) is 0 Å². The fraction of sp³-hybridized carbons (Fsp3) is 0.333. The van der Waals surface area contributed by atoms with E-state index in [-0.39, 0.29) is 17.7 Å². The summed E-state index contributed by atoms with van der Waals surface area (Å²) in [7, 11) is 1.24. The minimum absolute atomic E-state index is 0.169. The van der Waals surface area contributed by atoms with Gasteiger partial charge in [0.25, 0.3) is 0 Å². The Bertz CT molecular complexity index is 428. The van der Waals surface area contributed by atoms with Crippen molar-refractivity contribution in [2.45, 2.75) is 6.10 Å². The SMILES string of the molecule is COC(=O)c1cccc(C(=O)OCC(O)CO)c1. The molecule has 0 saturated heterocycles. The van der Waals surface area contributed by atoms with Gasteiger partial charge in [0.05, 0.1) is 24.8 Å². The molecule has 2 N–H and O–H groups in total. The van der Waals surface area contributed by atoms with Gasteiger partial charge in [0.1, 0.15) is 12.7 Å². The van der Waals surface area contributed by atoms with Crippen molar-refractivity contribution in [2.75, 3.05) is 20.3 Å². The summed E-state index contributed by atoms with van der Waals surface area (Å²) < 4.78 is 9.27. The van der Waals surface area contributed by atoms with Crippen LogP contribution in [0.15, 0.2) is 24.3 Å². The van der Waals surface area contributed by atoms with Gasteiger partial charge in [0.15, 0.2) is 0 Å². The molecule has 98 valence electrons. The molecule has 18 heavy (non-hydrogen) atoms. The molecule has 0 bridgehead atoms. The van der Waals surface area contributed by atoms with Crippen molar-refractivity contribution >= 4 is 11.9 Å². The maximum absolute atomic E-state index is 11.6. The van der Waals surface area contributed by atoms with Gasteiger partial charge in [-0.1, -0.05) is 6.07 Å². The fourth-order valence-corrected chi connectivity index (χ4v) is 1.20. The summed E-state index contributed by atoms with van der Waals surface area (Å²) in [6.07, 6.45) is -1.11. The van der Waals surface area contributed by atoms with E-state index < -0.39 is 24.6 Å². The lowest BCUT2D eigenvalue weighted by Crippen LogP contribution is -2.22. The van der Waals surface area contributed by atoms with Crippen LogP contribution in [0.3, 0.4) is 0 Å². The van der Waals surface area contributed by atoms with Crippen LogP contribution < -0.4 is 0 Å². The summed E-state index contributed by atoms with van der Waals surface area (Å²) in [6, 6.07) is 5.83. The quantitative estimate of drug-likeness (QED) is 0.717. The van der Waals surface area contributed by atoms with Crippen LogP contribution in [0.5, 0.6) is 0 Å². The Labute approximate surface area is 104 Å². The number of hydrogen-bond acceptors (Lipinski definition) is 6. The van der Waals surface area contributed by atoms with Crippen LogP contribution in [0, 0.1) is 0 Å². The van der Waals surface area contributed by atoms with E-state index in [1.807, 2.05) is 0 Å². The third kappa shape index (κ3) is 3.83. The lowest BCUT2D eigenvalue weighted by molar-refractivity contribution is 0.00933. The first-order chi connectivity index (χ1) is 8.58. The zero-order valence-electron chi connectivity index (χ0n) is 9.83. The molecule has 1 atom stereocenters. The van der Waals surface area contributed by atoms with Gasteiger partial charge in [-0.3, -0.25) is 0 Å². The van der Waals surface area contributed by atoms with Crippen molar-refractivity contribution in [3.05, 3.63) is 35.4 Å². The fourth-order valence-electron chi connectivity index (χ4n) is 1.20. The summed E-state index contributed by atoms with van der Waals surface area (Å²) in [6.45, 7) is -0.798. The van der Waals surface area contributed by atoms with E-state index in [4.69, 9.17) is 14.9 Å². The average molecular weight is 254 g/mol. The highest BCUT2D eigenvalue weighted by Gasteiger charge is 2.13. The van der Waals surface area contributed by atoms with Gasteiger partial charge in [-0.05, 0) is 18.2 Å². The Morgan fingerprint density at radius 1 is 1.28 bits per heavy atom. The van der Waals surface area contributed by atoms with E-state index in [0.717, 1.165) is 0 Å². The van der Waals surface area contributed by atoms with Crippen LogP contribution in [0.2, 0.25) is 0 Å². The first kappa shape index (κ1) is 14.1. The number of hydrogen-bond donors (Lipinski definition) is 2. The highest BCUT2D eigenvalue weighted by molar-refractivity contribution is 5.95. The lowest BCUT2D eigenvalue weighted by atomic mass is 10.1. The summed E-state index contributed by atoms with van der Waals surface area (Å²) in [5, 5.41) is 17.6. The molecule has 0 aliphatic heterocycles. The molecular formula is C12H14O6. The Balaban J connectivity index is 2.71. The smallest absolute Gasteiger partial charge is 0.338 e. The van der Waals surface area contributed by atoms with Gasteiger partial charge < -0.3 is 19.7 Å². The number of carbonyl (C=O) groups excluding carboxylic acids is 2. The molecule has 0 fully saturated rings. The topological polar surface area (TPSA) is 93.1 Å². The number of esters is 2. The van der Waals surface area contributed by atoms with Crippen LogP contribution >= 0.6 is 0 Å². The van der Waals surface area contributed by atoms with Crippen molar-refractivity contribution in [3.8, 4) is 0 Å². The number of rotatable bonds is 5. The molecule has 0 saturated carbocycles. The number of ether oxygens (including phenoxy) is 2. The molecule has 1 rings (SSSR count). The minimum atomic E-state index is -1.11. The summed E-state index contributed by atoms with van der Waals surface area (Å²) >= 11 is 0. The third-order valence-electron chi connectivity index (χ3n) is 2.14. The molecule has 0 amide bonds. The van der Waals surface area contributed by atoms with Gasteiger partial charge >= 0.3 is 11.9 Å². The third-order valence-corrected chi connectivity index (χ3v) is 2.14. The Morgan fingerprint density at radius 2 is 1.89 bits per heavy atom. The normalized spacial score (nSPS) is 11.7. The molecule has 1 unspecified atom stereocenters. The maximum Gasteiger partial charge on any atom is 0.338 e. The van der Waals surface area contributed by atoms with Crippen molar-refractivity contribution in [2.24, 2.45) is 0 Å². The molecule has 6 heteroatoms. The molecule has 0 aliphatic rings. The van der Waals surface area contributed by atoms with Crippen LogP contribution in [-0.2, 0) is 9.47 Å². The monoisotopic (exact) mass is 254 g/mol. The molecule has 1 aromatic carbocycles. The summed E-state index contributed by atoms with van der Waals surface area (Å²) in [4.78, 5) is 22.8. The van der Waals surface area contributed by atoms with Gasteiger partial charge in [0, 0.05) is 0 Å². The largest absolute Gasteiger partial charge is 0.465 e. The highest BCUT2D eigenvalue weighted by Crippen LogP contribution is 2.08. The molecule has 0 spiro atoms. The molecule has 0 radical (unpaired) electrons. The van der Waals surface area contributed by atoms with Crippen molar-refractivity contribution in [1.82, 2.24) is 0 Å². The van der Waals surface area contributed by atoms with Crippen molar-refractivity contribution in [1.29, 1.82) is 0 Å². The second kappa shape index (κ2) is 6.73. The number of benzene rings is 1. The lowest BCUT2D eigenvalue weighted by Gasteiger charge is -2.08. The first-order valence-corrected chi connectivity index (χ1v) is 5.23. The van der Waals surface area contributed by atoms with Gasteiger partial charge in [0.2, 0.25) is 0 Å². The molecule has 6 nitrogen and oxygen atoms in total. The number of carbonyl (C=O) groups is 2. The Hall–Kier alpha value is -1.92. The molecular weight excluding hydrogens is 240 g/mol. The number of aliphatic hydroxyl groups excluding tert-OH is 2. The van der Waals surface area contributed by atoms with Gasteiger partial charge in [-0.15, -0.1) is 0 Å². The van der Waals surface area contributed by atoms with E-state index in [9.17, 15) is 9.59 Å². The van der Waals surface area contributed by atoms with Crippen LogP contribution in [0.1, 0.15) is 20.7 Å². The highest BCUT2D eigenvalue weighted by atomic mass is 16.5. The van der Waals surface area contributed by atoms with Crippen LogP contribution in [0.25, 0.3) is 0 Å². The molecule has 0 heterocycles. The Morgan fingerprint density at radius 3 is 2.44 bits per heavy atom.